The van der Waals surface area contributed by atoms with Crippen molar-refractivity contribution in [1.29, 1.82) is 0 Å². The number of aromatic nitrogens is 2. The highest BCUT2D eigenvalue weighted by Crippen LogP contribution is 2.25. The maximum Gasteiger partial charge on any atom is 0.437 e. The van der Waals surface area contributed by atoms with Gasteiger partial charge in [0.25, 0.3) is 11.8 Å². The third kappa shape index (κ3) is 10.3. The van der Waals surface area contributed by atoms with Crippen LogP contribution in [0.4, 0.5) is 9.59 Å². The standard InChI is InChI=1S/C36H45N5O10/c1-9-47-31(44)28(51-41-29(42)25-13-10-11-14-26(25)30(41)43)22-48-24-17-15-23(16-18-24)27-21-40(20-12-19-37-33(45)49-35(2,3)4)32(39(27)8)38-34(46)50-36(5,6)7/h10-11,13-18,21,28H,9,12,19-20,22H2,1-8H3,(H,37,45)/t28-/m0/s1. The number of hydroxylamine groups is 2. The van der Waals surface area contributed by atoms with Gasteiger partial charge in [0.2, 0.25) is 11.7 Å². The molecule has 1 atom stereocenters. The molecule has 1 aliphatic heterocycles. The molecule has 51 heavy (non-hydrogen) atoms. The Morgan fingerprint density at radius 3 is 2.06 bits per heavy atom. The molecule has 274 valence electrons. The SMILES string of the molecule is CCOC(=O)[C@H](COc1ccc(-c2cn(CCCNC(=O)OC(C)(C)C)c(=NC(=O)OC(C)(C)C)n2C)cc1)ON1C(=O)c2ccccc2C1=O. The van der Waals surface area contributed by atoms with Crippen molar-refractivity contribution >= 4 is 30.0 Å². The number of hydrogen-bond acceptors (Lipinski definition) is 10. The van der Waals surface area contributed by atoms with Gasteiger partial charge in [-0.05, 0) is 96.8 Å². The maximum atomic E-state index is 12.8. The van der Waals surface area contributed by atoms with E-state index in [2.05, 4.69) is 10.3 Å². The lowest BCUT2D eigenvalue weighted by Crippen LogP contribution is -2.42. The van der Waals surface area contributed by atoms with Gasteiger partial charge in [0, 0.05) is 26.3 Å². The average Bonchev–Trinajstić information content (AvgIpc) is 3.47. The molecule has 0 fully saturated rings. The van der Waals surface area contributed by atoms with Gasteiger partial charge in [-0.25, -0.2) is 19.2 Å². The molecular formula is C36H45N5O10. The van der Waals surface area contributed by atoms with Crippen molar-refractivity contribution in [2.45, 2.75) is 78.7 Å². The Morgan fingerprint density at radius 2 is 1.49 bits per heavy atom. The molecule has 0 unspecified atom stereocenters. The lowest BCUT2D eigenvalue weighted by molar-refractivity contribution is -0.183. The molecule has 1 aromatic heterocycles. The molecule has 15 heteroatoms. The molecule has 3 aromatic rings. The van der Waals surface area contributed by atoms with Crippen LogP contribution in [-0.2, 0) is 37.4 Å². The normalized spacial score (nSPS) is 13.9. The van der Waals surface area contributed by atoms with Crippen LogP contribution < -0.4 is 15.7 Å². The van der Waals surface area contributed by atoms with E-state index in [1.54, 1.807) is 101 Å². The highest BCUT2D eigenvalue weighted by molar-refractivity contribution is 6.20. The Bertz CT molecular complexity index is 1790. The fourth-order valence-electron chi connectivity index (χ4n) is 4.95. The molecule has 2 aromatic carbocycles. The third-order valence-electron chi connectivity index (χ3n) is 7.12. The Morgan fingerprint density at radius 1 is 0.882 bits per heavy atom. The van der Waals surface area contributed by atoms with Gasteiger partial charge in [0.1, 0.15) is 23.6 Å². The zero-order valence-corrected chi connectivity index (χ0v) is 30.2. The number of benzene rings is 2. The summed E-state index contributed by atoms with van der Waals surface area (Å²) in [5, 5.41) is 3.28. The van der Waals surface area contributed by atoms with E-state index < -0.39 is 47.3 Å². The Labute approximate surface area is 296 Å². The Balaban J connectivity index is 1.50. The number of hydrogen-bond donors (Lipinski definition) is 1. The van der Waals surface area contributed by atoms with Gasteiger partial charge >= 0.3 is 18.2 Å². The number of ether oxygens (including phenoxy) is 4. The number of carbonyl (C=O) groups is 5. The molecular weight excluding hydrogens is 662 g/mol. The van der Waals surface area contributed by atoms with Gasteiger partial charge in [-0.3, -0.25) is 9.59 Å². The molecule has 1 N–H and O–H groups in total. The zero-order chi connectivity index (χ0) is 37.5. The largest absolute Gasteiger partial charge is 0.490 e. The number of amides is 4. The number of esters is 1. The molecule has 0 saturated heterocycles. The van der Waals surface area contributed by atoms with Crippen LogP contribution in [0.1, 0.15) is 75.6 Å². The van der Waals surface area contributed by atoms with Crippen molar-refractivity contribution in [2.24, 2.45) is 12.0 Å². The molecule has 1 aliphatic rings. The minimum atomic E-state index is -1.42. The number of imidazole rings is 1. The van der Waals surface area contributed by atoms with E-state index >= 15 is 0 Å². The molecule has 15 nitrogen and oxygen atoms in total. The van der Waals surface area contributed by atoms with Crippen LogP contribution in [0, 0.1) is 0 Å². The predicted molar refractivity (Wildman–Crippen MR) is 183 cm³/mol. The van der Waals surface area contributed by atoms with Crippen LogP contribution in [0.25, 0.3) is 11.3 Å². The molecule has 0 radical (unpaired) electrons. The van der Waals surface area contributed by atoms with E-state index in [4.69, 9.17) is 23.8 Å². The summed E-state index contributed by atoms with van der Waals surface area (Å²) in [5.74, 6) is -1.81. The van der Waals surface area contributed by atoms with E-state index in [1.807, 2.05) is 6.20 Å². The predicted octanol–water partition coefficient (Wildman–Crippen LogP) is 4.78. The summed E-state index contributed by atoms with van der Waals surface area (Å²) < 4.78 is 25.2. The monoisotopic (exact) mass is 707 g/mol. The average molecular weight is 708 g/mol. The number of alkyl carbamates (subject to hydrolysis) is 1. The third-order valence-corrected chi connectivity index (χ3v) is 7.12. The van der Waals surface area contributed by atoms with Crippen LogP contribution in [0.5, 0.6) is 5.75 Å². The number of nitrogens with zero attached hydrogens (tertiary/aromatic N) is 4. The molecule has 0 bridgehead atoms. The number of imide groups is 1. The molecule has 4 amide bonds. The van der Waals surface area contributed by atoms with Crippen molar-refractivity contribution in [1.82, 2.24) is 19.5 Å². The Kier molecular flexibility index (Phi) is 12.1. The van der Waals surface area contributed by atoms with Gasteiger partial charge < -0.3 is 33.4 Å². The first-order chi connectivity index (χ1) is 24.0. The van der Waals surface area contributed by atoms with Crippen molar-refractivity contribution in [2.75, 3.05) is 19.8 Å². The smallest absolute Gasteiger partial charge is 0.437 e. The lowest BCUT2D eigenvalue weighted by Gasteiger charge is -2.21. The first-order valence-corrected chi connectivity index (χ1v) is 16.5. The van der Waals surface area contributed by atoms with Crippen molar-refractivity contribution in [3.05, 3.63) is 71.5 Å². The maximum absolute atomic E-state index is 12.8. The van der Waals surface area contributed by atoms with Gasteiger partial charge in [-0.1, -0.05) is 12.1 Å². The quantitative estimate of drug-likeness (QED) is 0.120. The van der Waals surface area contributed by atoms with E-state index in [1.165, 1.54) is 12.1 Å². The lowest BCUT2D eigenvalue weighted by atomic mass is 10.1. The van der Waals surface area contributed by atoms with Gasteiger partial charge in [-0.15, -0.1) is 10.1 Å². The minimum absolute atomic E-state index is 0.0502. The van der Waals surface area contributed by atoms with Crippen LogP contribution in [0.15, 0.2) is 59.7 Å². The van der Waals surface area contributed by atoms with Crippen LogP contribution in [0.2, 0.25) is 0 Å². The van der Waals surface area contributed by atoms with Gasteiger partial charge in [0.05, 0.1) is 23.4 Å². The van der Waals surface area contributed by atoms with Crippen molar-refractivity contribution < 1.29 is 47.8 Å². The van der Waals surface area contributed by atoms with E-state index in [0.717, 1.165) is 5.56 Å². The highest BCUT2D eigenvalue weighted by atomic mass is 16.7. The fourth-order valence-corrected chi connectivity index (χ4v) is 4.95. The van der Waals surface area contributed by atoms with E-state index in [-0.39, 0.29) is 24.3 Å². The summed E-state index contributed by atoms with van der Waals surface area (Å²) in [6.45, 7) is 12.7. The second kappa shape index (κ2) is 16.1. The second-order valence-electron chi connectivity index (χ2n) is 13.6. The minimum Gasteiger partial charge on any atom is -0.490 e. The summed E-state index contributed by atoms with van der Waals surface area (Å²) in [5.41, 5.74) is 0.771. The molecule has 0 spiro atoms. The zero-order valence-electron chi connectivity index (χ0n) is 30.2. The summed E-state index contributed by atoms with van der Waals surface area (Å²) in [6.07, 6.45) is -0.341. The van der Waals surface area contributed by atoms with Crippen LogP contribution >= 0.6 is 0 Å². The molecule has 0 aliphatic carbocycles. The van der Waals surface area contributed by atoms with Crippen LogP contribution in [-0.4, -0.2) is 81.2 Å². The number of aryl methyl sites for hydroxylation is 1. The van der Waals surface area contributed by atoms with Gasteiger partial charge in [-0.2, -0.15) is 0 Å². The van der Waals surface area contributed by atoms with Crippen molar-refractivity contribution in [3.63, 3.8) is 0 Å². The van der Waals surface area contributed by atoms with E-state index in [9.17, 15) is 24.0 Å². The number of carbonyl (C=O) groups excluding carboxylic acids is 5. The second-order valence-corrected chi connectivity index (χ2v) is 13.6. The first kappa shape index (κ1) is 38.4. The number of nitrogens with one attached hydrogen (secondary N) is 1. The summed E-state index contributed by atoms with van der Waals surface area (Å²) >= 11 is 0. The van der Waals surface area contributed by atoms with Crippen LogP contribution in [0.3, 0.4) is 0 Å². The van der Waals surface area contributed by atoms with Gasteiger partial charge in [0.15, 0.2) is 0 Å². The molecule has 4 rings (SSSR count). The highest BCUT2D eigenvalue weighted by Gasteiger charge is 2.40. The van der Waals surface area contributed by atoms with E-state index in [0.29, 0.717) is 41.6 Å². The summed E-state index contributed by atoms with van der Waals surface area (Å²) in [7, 11) is 1.76. The Hall–Kier alpha value is -5.44. The number of rotatable bonds is 12. The first-order valence-electron chi connectivity index (χ1n) is 16.5. The molecule has 2 heterocycles. The molecule has 0 saturated carbocycles. The van der Waals surface area contributed by atoms with Crippen molar-refractivity contribution in [3.8, 4) is 17.0 Å². The fraction of sp³-hybridized carbons (Fsp3) is 0.444. The topological polar surface area (TPSA) is 169 Å². The summed E-state index contributed by atoms with van der Waals surface area (Å²) in [4.78, 5) is 73.0. The number of fused-ring (bicyclic) bond motifs is 1. The summed E-state index contributed by atoms with van der Waals surface area (Å²) in [6, 6.07) is 13.2.